The second kappa shape index (κ2) is 10.3. The summed E-state index contributed by atoms with van der Waals surface area (Å²) in [6.45, 7) is 0. The summed E-state index contributed by atoms with van der Waals surface area (Å²) in [4.78, 5) is 7.64. The van der Waals surface area contributed by atoms with E-state index in [-0.39, 0.29) is 31.4 Å². The van der Waals surface area contributed by atoms with Crippen molar-refractivity contribution in [1.29, 1.82) is 0 Å². The Balaban J connectivity index is 0.000000215. The first-order valence-electron chi connectivity index (χ1n) is 8.23. The third-order valence-corrected chi connectivity index (χ3v) is 3.62. The van der Waals surface area contributed by atoms with Crippen molar-refractivity contribution < 1.29 is 46.4 Å². The number of hydrogen-bond donors (Lipinski definition) is 0. The molecular formula is C20H10F6IrN4-2. The molecule has 0 saturated carbocycles. The van der Waals surface area contributed by atoms with Crippen LogP contribution in [-0.2, 0) is 26.3 Å². The summed E-state index contributed by atoms with van der Waals surface area (Å²) in [6.07, 6.45) is -1.97. The predicted octanol–water partition coefficient (Wildman–Crippen LogP) is 5.08. The molecule has 4 nitrogen and oxygen atoms in total. The monoisotopic (exact) mass is 613 g/mol. The average molecular weight is 613 g/mol. The van der Waals surface area contributed by atoms with E-state index in [1.54, 1.807) is 30.5 Å². The fourth-order valence-electron chi connectivity index (χ4n) is 2.30. The zero-order valence-electron chi connectivity index (χ0n) is 15.2. The zero-order chi connectivity index (χ0) is 21.7. The number of pyridine rings is 2. The number of benzene rings is 1. The van der Waals surface area contributed by atoms with Crippen LogP contribution in [0.1, 0.15) is 5.69 Å². The number of nitrogens with zero attached hydrogens (tertiary/aromatic N) is 4. The van der Waals surface area contributed by atoms with Gasteiger partial charge in [0.15, 0.2) is 5.69 Å². The van der Waals surface area contributed by atoms with E-state index in [1.807, 2.05) is 0 Å². The number of alkyl halides is 3. The van der Waals surface area contributed by atoms with Crippen LogP contribution in [0.15, 0.2) is 60.9 Å². The van der Waals surface area contributed by atoms with Gasteiger partial charge < -0.3 is 15.2 Å². The van der Waals surface area contributed by atoms with Crippen molar-refractivity contribution in [2.45, 2.75) is 6.18 Å². The standard InChI is InChI=1S/C11H6F2N.C9H4F4N3.Ir/c12-8-4-5-9(10(13)7-8)11-3-1-2-6-14-11;10-6-7(5-3-1-2-4-14-5)15-16-8(6)9(11,12)13;/h1-4,6-7H;1-4H;/q2*-1;. The number of halogens is 6. The van der Waals surface area contributed by atoms with E-state index in [9.17, 15) is 26.3 Å². The Labute approximate surface area is 185 Å². The van der Waals surface area contributed by atoms with Crippen molar-refractivity contribution >= 4 is 0 Å². The molecule has 0 spiro atoms. The van der Waals surface area contributed by atoms with Gasteiger partial charge in [0.25, 0.3) is 0 Å². The van der Waals surface area contributed by atoms with Crippen LogP contribution in [0, 0.1) is 23.5 Å². The Kier molecular flexibility index (Phi) is 8.07. The van der Waals surface area contributed by atoms with Gasteiger partial charge in [0.1, 0.15) is 5.82 Å². The Bertz CT molecular complexity index is 1120. The first kappa shape index (κ1) is 24.2. The minimum absolute atomic E-state index is 0. The van der Waals surface area contributed by atoms with Gasteiger partial charge in [-0.25, -0.2) is 4.39 Å². The molecule has 4 rings (SSSR count). The molecule has 0 saturated heterocycles. The van der Waals surface area contributed by atoms with Crippen molar-refractivity contribution in [3.05, 3.63) is 90.1 Å². The van der Waals surface area contributed by atoms with Crippen molar-refractivity contribution in [3.63, 3.8) is 0 Å². The summed E-state index contributed by atoms with van der Waals surface area (Å²) < 4.78 is 75.8. The summed E-state index contributed by atoms with van der Waals surface area (Å²) in [7, 11) is 0. The summed E-state index contributed by atoms with van der Waals surface area (Å²) in [5, 5.41) is 5.92. The van der Waals surface area contributed by atoms with E-state index < -0.39 is 35.0 Å². The second-order valence-corrected chi connectivity index (χ2v) is 5.68. The molecule has 163 valence electrons. The molecule has 1 radical (unpaired) electrons. The smallest absolute Gasteiger partial charge is 0.434 e. The summed E-state index contributed by atoms with van der Waals surface area (Å²) >= 11 is 0. The van der Waals surface area contributed by atoms with Crippen LogP contribution in [0.25, 0.3) is 22.6 Å². The molecule has 0 aliphatic carbocycles. The Morgan fingerprint density at radius 3 is 1.97 bits per heavy atom. The van der Waals surface area contributed by atoms with Gasteiger partial charge in [0.05, 0.1) is 5.69 Å². The molecule has 0 aliphatic heterocycles. The van der Waals surface area contributed by atoms with Gasteiger partial charge in [0, 0.05) is 44.1 Å². The minimum atomic E-state index is -4.84. The summed E-state index contributed by atoms with van der Waals surface area (Å²) in [5.74, 6) is -2.78. The zero-order valence-corrected chi connectivity index (χ0v) is 17.6. The summed E-state index contributed by atoms with van der Waals surface area (Å²) in [6, 6.07) is 14.0. The molecule has 4 aromatic rings. The fraction of sp³-hybridized carbons (Fsp3) is 0.0500. The van der Waals surface area contributed by atoms with Crippen molar-refractivity contribution in [2.75, 3.05) is 0 Å². The number of hydrogen-bond acceptors (Lipinski definition) is 3. The maximum atomic E-state index is 13.3. The minimum Gasteiger partial charge on any atom is -0.571 e. The van der Waals surface area contributed by atoms with Crippen molar-refractivity contribution in [3.8, 4) is 22.6 Å². The Hall–Kier alpha value is -3.04. The topological polar surface area (TPSA) is 52.8 Å². The first-order chi connectivity index (χ1) is 14.3. The molecule has 11 heteroatoms. The van der Waals surface area contributed by atoms with Gasteiger partial charge in [0.2, 0.25) is 0 Å². The molecular weight excluding hydrogens is 602 g/mol. The van der Waals surface area contributed by atoms with E-state index in [4.69, 9.17) is 0 Å². The van der Waals surface area contributed by atoms with Gasteiger partial charge in [-0.2, -0.15) is 13.2 Å². The molecule has 0 aliphatic rings. The quantitative estimate of drug-likeness (QED) is 0.234. The van der Waals surface area contributed by atoms with Gasteiger partial charge in [-0.3, -0.25) is 13.8 Å². The molecule has 3 heterocycles. The van der Waals surface area contributed by atoms with E-state index in [2.05, 4.69) is 26.2 Å². The molecule has 0 bridgehead atoms. The van der Waals surface area contributed by atoms with Crippen molar-refractivity contribution in [1.82, 2.24) is 20.2 Å². The van der Waals surface area contributed by atoms with E-state index >= 15 is 0 Å². The van der Waals surface area contributed by atoms with E-state index in [0.717, 1.165) is 12.1 Å². The molecule has 0 atom stereocenters. The fourth-order valence-corrected chi connectivity index (χ4v) is 2.30. The van der Waals surface area contributed by atoms with Crippen LogP contribution in [0.4, 0.5) is 26.3 Å². The second-order valence-electron chi connectivity index (χ2n) is 5.68. The SMILES string of the molecule is Fc1c(C(F)(F)F)n[n-]c1-c1ccccn1.Fc1c[c-]c(-c2ccccn2)c(F)c1.[Ir]. The van der Waals surface area contributed by atoms with Crippen molar-refractivity contribution in [2.24, 2.45) is 0 Å². The van der Waals surface area contributed by atoms with Crippen LogP contribution in [0.5, 0.6) is 0 Å². The van der Waals surface area contributed by atoms with Gasteiger partial charge in [-0.1, -0.05) is 35.5 Å². The van der Waals surface area contributed by atoms with Gasteiger partial charge in [-0.05, 0) is 23.9 Å². The number of aromatic nitrogens is 4. The van der Waals surface area contributed by atoms with Crippen LogP contribution in [0.2, 0.25) is 0 Å². The maximum Gasteiger partial charge on any atom is 0.434 e. The molecule has 0 amide bonds. The third-order valence-electron chi connectivity index (χ3n) is 3.62. The average Bonchev–Trinajstić information content (AvgIpc) is 3.12. The van der Waals surface area contributed by atoms with E-state index in [1.165, 1.54) is 18.3 Å². The first-order valence-corrected chi connectivity index (χ1v) is 8.23. The molecule has 0 unspecified atom stereocenters. The predicted molar refractivity (Wildman–Crippen MR) is 94.2 cm³/mol. The summed E-state index contributed by atoms with van der Waals surface area (Å²) in [5.41, 5.74) is -1.46. The van der Waals surface area contributed by atoms with Crippen LogP contribution in [0.3, 0.4) is 0 Å². The van der Waals surface area contributed by atoms with Gasteiger partial charge >= 0.3 is 6.18 Å². The Morgan fingerprint density at radius 2 is 1.48 bits per heavy atom. The Morgan fingerprint density at radius 1 is 0.871 bits per heavy atom. The molecule has 0 N–H and O–H groups in total. The van der Waals surface area contributed by atoms with Crippen LogP contribution >= 0.6 is 0 Å². The maximum absolute atomic E-state index is 13.3. The van der Waals surface area contributed by atoms with Crippen LogP contribution < -0.4 is 5.10 Å². The number of rotatable bonds is 2. The molecule has 31 heavy (non-hydrogen) atoms. The normalized spacial score (nSPS) is 10.6. The third kappa shape index (κ3) is 5.99. The van der Waals surface area contributed by atoms with E-state index in [0.29, 0.717) is 5.69 Å². The molecule has 0 fully saturated rings. The largest absolute Gasteiger partial charge is 0.571 e. The molecule has 3 aromatic heterocycles. The van der Waals surface area contributed by atoms with Gasteiger partial charge in [-0.15, -0.1) is 12.1 Å². The molecule has 1 aromatic carbocycles. The van der Waals surface area contributed by atoms with Crippen LogP contribution in [-0.4, -0.2) is 15.1 Å².